The molecule has 1 aromatic heterocycles. The zero-order valence-electron chi connectivity index (χ0n) is 19.9. The van der Waals surface area contributed by atoms with Crippen molar-refractivity contribution in [3.05, 3.63) is 51.7 Å². The van der Waals surface area contributed by atoms with E-state index in [1.54, 1.807) is 4.68 Å². The predicted molar refractivity (Wildman–Crippen MR) is 124 cm³/mol. The number of hydrogen-bond acceptors (Lipinski definition) is 5. The summed E-state index contributed by atoms with van der Waals surface area (Å²) in [6.07, 6.45) is 0.667. The van der Waals surface area contributed by atoms with E-state index < -0.39 is 4.92 Å². The minimum atomic E-state index is -0.518. The van der Waals surface area contributed by atoms with Crippen molar-refractivity contribution in [2.24, 2.45) is 0 Å². The molecule has 0 unspecified atom stereocenters. The standard InChI is InChI=1S/C23H33N5O4/c1-8-13-26(21(30)16-9-11-17(12-10-16)28(31)32)15-20(29)24-19-14-18(22(2,3)4)25-27(19)23(5,6)7/h9-12,14H,8,13,15H2,1-7H3,(H,24,29). The van der Waals surface area contributed by atoms with Crippen molar-refractivity contribution in [1.29, 1.82) is 0 Å². The van der Waals surface area contributed by atoms with Gasteiger partial charge in [-0.1, -0.05) is 27.7 Å². The number of amides is 2. The molecule has 2 aromatic rings. The number of benzene rings is 1. The summed E-state index contributed by atoms with van der Waals surface area (Å²) in [6, 6.07) is 7.25. The van der Waals surface area contributed by atoms with E-state index in [9.17, 15) is 19.7 Å². The molecule has 0 fully saturated rings. The topological polar surface area (TPSA) is 110 Å². The van der Waals surface area contributed by atoms with Crippen LogP contribution < -0.4 is 5.32 Å². The molecule has 0 radical (unpaired) electrons. The third-order valence-electron chi connectivity index (χ3n) is 4.82. The average Bonchev–Trinajstić information content (AvgIpc) is 3.11. The van der Waals surface area contributed by atoms with Crippen LogP contribution in [0.2, 0.25) is 0 Å². The third kappa shape index (κ3) is 6.15. The molecule has 0 atom stereocenters. The second-order valence-electron chi connectivity index (χ2n) is 9.83. The fourth-order valence-electron chi connectivity index (χ4n) is 3.13. The van der Waals surface area contributed by atoms with Crippen molar-refractivity contribution < 1.29 is 14.5 Å². The smallest absolute Gasteiger partial charge is 0.269 e. The monoisotopic (exact) mass is 443 g/mol. The van der Waals surface area contributed by atoms with Crippen molar-refractivity contribution >= 4 is 23.3 Å². The molecule has 9 heteroatoms. The fraction of sp³-hybridized carbons (Fsp3) is 0.522. The summed E-state index contributed by atoms with van der Waals surface area (Å²) in [5.41, 5.74) is 0.535. The van der Waals surface area contributed by atoms with Crippen molar-refractivity contribution in [3.8, 4) is 0 Å². The van der Waals surface area contributed by atoms with Crippen LogP contribution in [0.4, 0.5) is 11.5 Å². The summed E-state index contributed by atoms with van der Waals surface area (Å²) in [4.78, 5) is 37.6. The number of rotatable bonds is 7. The first-order chi connectivity index (χ1) is 14.7. The van der Waals surface area contributed by atoms with Crippen LogP contribution in [0.5, 0.6) is 0 Å². The first kappa shape index (κ1) is 25.0. The third-order valence-corrected chi connectivity index (χ3v) is 4.82. The van der Waals surface area contributed by atoms with E-state index in [4.69, 9.17) is 5.10 Å². The van der Waals surface area contributed by atoms with Gasteiger partial charge in [-0.3, -0.25) is 19.7 Å². The maximum atomic E-state index is 12.9. The molecule has 0 saturated heterocycles. The molecule has 174 valence electrons. The van der Waals surface area contributed by atoms with E-state index in [-0.39, 0.29) is 35.0 Å². The Balaban J connectivity index is 2.22. The molecule has 0 aliphatic rings. The number of nitrogens with one attached hydrogen (secondary N) is 1. The van der Waals surface area contributed by atoms with Gasteiger partial charge in [-0.25, -0.2) is 4.68 Å². The van der Waals surface area contributed by atoms with Crippen LogP contribution in [0.15, 0.2) is 30.3 Å². The number of nitro groups is 1. The lowest BCUT2D eigenvalue weighted by atomic mass is 9.92. The molecular weight excluding hydrogens is 410 g/mol. The summed E-state index contributed by atoms with van der Waals surface area (Å²) in [6.45, 7) is 14.3. The molecule has 0 bridgehead atoms. The normalized spacial score (nSPS) is 11.8. The van der Waals surface area contributed by atoms with E-state index >= 15 is 0 Å². The Labute approximate surface area is 188 Å². The Bertz CT molecular complexity index is 981. The Morgan fingerprint density at radius 3 is 2.19 bits per heavy atom. The Hall–Kier alpha value is -3.23. The van der Waals surface area contributed by atoms with Gasteiger partial charge in [0.1, 0.15) is 12.4 Å². The highest BCUT2D eigenvalue weighted by Crippen LogP contribution is 2.28. The zero-order chi connectivity index (χ0) is 24.3. The zero-order valence-corrected chi connectivity index (χ0v) is 19.9. The van der Waals surface area contributed by atoms with Crippen LogP contribution in [0, 0.1) is 10.1 Å². The van der Waals surface area contributed by atoms with Crippen LogP contribution in [0.1, 0.15) is 70.9 Å². The predicted octanol–water partition coefficient (Wildman–Crippen LogP) is 4.33. The van der Waals surface area contributed by atoms with Crippen molar-refractivity contribution in [1.82, 2.24) is 14.7 Å². The van der Waals surface area contributed by atoms with Crippen molar-refractivity contribution in [2.45, 2.75) is 65.8 Å². The SMILES string of the molecule is CCCN(CC(=O)Nc1cc(C(C)(C)C)nn1C(C)(C)C)C(=O)c1ccc([N+](=O)[O-])cc1. The molecule has 2 rings (SSSR count). The van der Waals surface area contributed by atoms with Crippen LogP contribution in [0.25, 0.3) is 0 Å². The van der Waals surface area contributed by atoms with Gasteiger partial charge < -0.3 is 10.2 Å². The maximum absolute atomic E-state index is 12.9. The molecule has 1 heterocycles. The molecule has 0 saturated carbocycles. The first-order valence-corrected chi connectivity index (χ1v) is 10.7. The highest BCUT2D eigenvalue weighted by Gasteiger charge is 2.26. The molecule has 9 nitrogen and oxygen atoms in total. The van der Waals surface area contributed by atoms with Gasteiger partial charge in [0.15, 0.2) is 0 Å². The highest BCUT2D eigenvalue weighted by molar-refractivity contribution is 5.99. The first-order valence-electron chi connectivity index (χ1n) is 10.7. The van der Waals surface area contributed by atoms with E-state index in [2.05, 4.69) is 26.1 Å². The molecule has 32 heavy (non-hydrogen) atoms. The highest BCUT2D eigenvalue weighted by atomic mass is 16.6. The number of nitrogens with zero attached hydrogens (tertiary/aromatic N) is 4. The molecule has 1 N–H and O–H groups in total. The fourth-order valence-corrected chi connectivity index (χ4v) is 3.13. The van der Waals surface area contributed by atoms with Crippen molar-refractivity contribution in [2.75, 3.05) is 18.4 Å². The molecule has 1 aromatic carbocycles. The Kier molecular flexibility index (Phi) is 7.43. The molecular formula is C23H33N5O4. The lowest BCUT2D eigenvalue weighted by Crippen LogP contribution is -2.39. The van der Waals surface area contributed by atoms with Gasteiger partial charge in [0.25, 0.3) is 11.6 Å². The number of nitro benzene ring substituents is 1. The van der Waals surface area contributed by atoms with Gasteiger partial charge in [-0.2, -0.15) is 5.10 Å². The van der Waals surface area contributed by atoms with E-state index in [0.717, 1.165) is 5.69 Å². The lowest BCUT2D eigenvalue weighted by molar-refractivity contribution is -0.384. The number of aromatic nitrogens is 2. The van der Waals surface area contributed by atoms with Crippen LogP contribution in [0.3, 0.4) is 0 Å². The van der Waals surface area contributed by atoms with Gasteiger partial charge in [0.2, 0.25) is 5.91 Å². The van der Waals surface area contributed by atoms with Gasteiger partial charge >= 0.3 is 0 Å². The minimum absolute atomic E-state index is 0.0913. The van der Waals surface area contributed by atoms with E-state index in [1.807, 2.05) is 33.8 Å². The minimum Gasteiger partial charge on any atom is -0.329 e. The summed E-state index contributed by atoms with van der Waals surface area (Å²) in [5.74, 6) is -0.108. The van der Waals surface area contributed by atoms with Gasteiger partial charge in [0, 0.05) is 35.7 Å². The Morgan fingerprint density at radius 2 is 1.72 bits per heavy atom. The molecule has 2 amide bonds. The second kappa shape index (κ2) is 9.50. The van der Waals surface area contributed by atoms with E-state index in [1.165, 1.54) is 29.2 Å². The average molecular weight is 444 g/mol. The largest absolute Gasteiger partial charge is 0.329 e. The summed E-state index contributed by atoms with van der Waals surface area (Å²) in [7, 11) is 0. The number of carbonyl (C=O) groups excluding carboxylic acids is 2. The summed E-state index contributed by atoms with van der Waals surface area (Å²) < 4.78 is 1.79. The van der Waals surface area contributed by atoms with Crippen LogP contribution in [-0.2, 0) is 15.7 Å². The molecule has 0 aliphatic carbocycles. The quantitative estimate of drug-likeness (QED) is 0.506. The summed E-state index contributed by atoms with van der Waals surface area (Å²) >= 11 is 0. The molecule has 0 spiro atoms. The second-order valence-corrected chi connectivity index (χ2v) is 9.83. The van der Waals surface area contributed by atoms with Gasteiger partial charge in [0.05, 0.1) is 16.2 Å². The van der Waals surface area contributed by atoms with Crippen LogP contribution >= 0.6 is 0 Å². The maximum Gasteiger partial charge on any atom is 0.269 e. The number of carbonyl (C=O) groups is 2. The number of hydrogen-bond donors (Lipinski definition) is 1. The van der Waals surface area contributed by atoms with Crippen molar-refractivity contribution in [3.63, 3.8) is 0 Å². The number of anilines is 1. The summed E-state index contributed by atoms with van der Waals surface area (Å²) in [5, 5.41) is 18.4. The van der Waals surface area contributed by atoms with Crippen LogP contribution in [-0.4, -0.2) is 44.5 Å². The van der Waals surface area contributed by atoms with Gasteiger partial charge in [-0.05, 0) is 39.3 Å². The lowest BCUT2D eigenvalue weighted by Gasteiger charge is -2.24. The van der Waals surface area contributed by atoms with E-state index in [0.29, 0.717) is 24.3 Å². The Morgan fingerprint density at radius 1 is 1.12 bits per heavy atom. The number of non-ortho nitro benzene ring substituents is 1. The van der Waals surface area contributed by atoms with Gasteiger partial charge in [-0.15, -0.1) is 0 Å². The molecule has 0 aliphatic heterocycles.